The lowest BCUT2D eigenvalue weighted by Gasteiger charge is -2.10. The van der Waals surface area contributed by atoms with E-state index in [4.69, 9.17) is 0 Å². The number of hydrogen-bond acceptors (Lipinski definition) is 0. The Bertz CT molecular complexity index is 404. The molecule has 1 atom stereocenters. The minimum absolute atomic E-state index is 0.193. The Morgan fingerprint density at radius 3 is 2.17 bits per heavy atom. The van der Waals surface area contributed by atoms with E-state index in [2.05, 4.69) is 0 Å². The highest BCUT2D eigenvalue weighted by Crippen LogP contribution is 2.29. The van der Waals surface area contributed by atoms with Crippen molar-refractivity contribution in [1.29, 1.82) is 0 Å². The summed E-state index contributed by atoms with van der Waals surface area (Å²) in [5, 5.41) is 0. The van der Waals surface area contributed by atoms with Gasteiger partial charge in [-0.2, -0.15) is 0 Å². The highest BCUT2D eigenvalue weighted by molar-refractivity contribution is 5.23. The first-order chi connectivity index (χ1) is 8.49. The summed E-state index contributed by atoms with van der Waals surface area (Å²) < 4.78 is 76.8. The summed E-state index contributed by atoms with van der Waals surface area (Å²) in [6.07, 6.45) is -1.23. The average Bonchev–Trinajstić information content (AvgIpc) is 2.36. The molecule has 0 radical (unpaired) electrons. The van der Waals surface area contributed by atoms with Crippen LogP contribution in [0.15, 0.2) is 6.07 Å². The topological polar surface area (TPSA) is 0 Å². The molecule has 0 heterocycles. The van der Waals surface area contributed by atoms with Gasteiger partial charge in [0.2, 0.25) is 0 Å². The van der Waals surface area contributed by atoms with E-state index in [1.807, 2.05) is 0 Å². The second-order valence-electron chi connectivity index (χ2n) is 3.90. The van der Waals surface area contributed by atoms with Crippen molar-refractivity contribution < 1.29 is 26.3 Å². The molecule has 0 amide bonds. The van der Waals surface area contributed by atoms with Crippen LogP contribution in [-0.4, -0.2) is 6.67 Å². The number of unbranched alkanes of at least 4 members (excludes halogenated alkanes) is 2. The lowest BCUT2D eigenvalue weighted by atomic mass is 10.0. The molecule has 0 N–H and O–H groups in total. The van der Waals surface area contributed by atoms with E-state index in [1.165, 1.54) is 0 Å². The van der Waals surface area contributed by atoms with Gasteiger partial charge in [0, 0.05) is 5.56 Å². The zero-order chi connectivity index (χ0) is 13.7. The predicted octanol–water partition coefficient (Wildman–Crippen LogP) is 4.78. The Morgan fingerprint density at radius 1 is 0.889 bits per heavy atom. The Kier molecular flexibility index (Phi) is 5.50. The van der Waals surface area contributed by atoms with E-state index in [1.54, 1.807) is 0 Å². The van der Waals surface area contributed by atoms with E-state index in [0.717, 1.165) is 0 Å². The Hall–Kier alpha value is -1.20. The van der Waals surface area contributed by atoms with Gasteiger partial charge in [0.05, 0.1) is 6.67 Å². The van der Waals surface area contributed by atoms with Crippen LogP contribution in [0, 0.1) is 23.3 Å². The minimum atomic E-state index is -2.02. The molecule has 0 bridgehead atoms. The zero-order valence-electron chi connectivity index (χ0n) is 9.46. The molecule has 0 spiro atoms. The molecule has 0 saturated heterocycles. The van der Waals surface area contributed by atoms with E-state index >= 15 is 0 Å². The van der Waals surface area contributed by atoms with Crippen LogP contribution < -0.4 is 0 Å². The van der Waals surface area contributed by atoms with Crippen LogP contribution in [0.1, 0.15) is 37.4 Å². The lowest BCUT2D eigenvalue weighted by Crippen LogP contribution is -2.04. The lowest BCUT2D eigenvalue weighted by molar-refractivity contribution is 0.292. The second-order valence-corrected chi connectivity index (χ2v) is 3.90. The Balaban J connectivity index is 2.77. The van der Waals surface area contributed by atoms with E-state index < -0.39 is 41.7 Å². The fourth-order valence-corrected chi connectivity index (χ4v) is 1.57. The van der Waals surface area contributed by atoms with Crippen LogP contribution in [0.25, 0.3) is 0 Å². The molecule has 18 heavy (non-hydrogen) atoms. The third-order valence-corrected chi connectivity index (χ3v) is 2.56. The van der Waals surface area contributed by atoms with Crippen molar-refractivity contribution in [2.45, 2.75) is 31.9 Å². The van der Waals surface area contributed by atoms with E-state index in [-0.39, 0.29) is 19.3 Å². The normalized spacial score (nSPS) is 12.8. The fourth-order valence-electron chi connectivity index (χ4n) is 1.57. The van der Waals surface area contributed by atoms with Crippen molar-refractivity contribution in [3.8, 4) is 0 Å². The van der Waals surface area contributed by atoms with Gasteiger partial charge in [-0.05, 0) is 18.9 Å². The summed E-state index contributed by atoms with van der Waals surface area (Å²) in [5.41, 5.74) is -0.841. The molecular formula is C12H12F6. The molecule has 102 valence electrons. The predicted molar refractivity (Wildman–Crippen MR) is 54.6 cm³/mol. The number of rotatable bonds is 6. The summed E-state index contributed by atoms with van der Waals surface area (Å²) in [5.74, 6) is -7.32. The van der Waals surface area contributed by atoms with Gasteiger partial charge in [-0.1, -0.05) is 12.8 Å². The largest absolute Gasteiger partial charge is 0.251 e. The third kappa shape index (κ3) is 3.40. The Labute approximate surface area is 101 Å². The van der Waals surface area contributed by atoms with Gasteiger partial charge >= 0.3 is 0 Å². The van der Waals surface area contributed by atoms with Crippen LogP contribution >= 0.6 is 0 Å². The van der Waals surface area contributed by atoms with Gasteiger partial charge in [0.1, 0.15) is 6.17 Å². The first kappa shape index (κ1) is 14.9. The quantitative estimate of drug-likeness (QED) is 0.302. The fraction of sp³-hybridized carbons (Fsp3) is 0.500. The summed E-state index contributed by atoms with van der Waals surface area (Å²) in [7, 11) is 0. The summed E-state index contributed by atoms with van der Waals surface area (Å²) >= 11 is 0. The molecule has 0 aliphatic rings. The number of benzene rings is 1. The van der Waals surface area contributed by atoms with Crippen LogP contribution in [0.4, 0.5) is 26.3 Å². The average molecular weight is 270 g/mol. The maximum atomic E-state index is 13.5. The van der Waals surface area contributed by atoms with Gasteiger partial charge in [0.15, 0.2) is 23.3 Å². The second kappa shape index (κ2) is 6.66. The van der Waals surface area contributed by atoms with Gasteiger partial charge in [-0.3, -0.25) is 4.39 Å². The van der Waals surface area contributed by atoms with Crippen LogP contribution in [0.3, 0.4) is 0 Å². The van der Waals surface area contributed by atoms with Crippen LogP contribution in [0.5, 0.6) is 0 Å². The molecule has 1 aromatic carbocycles. The van der Waals surface area contributed by atoms with Gasteiger partial charge in [-0.25, -0.2) is 22.0 Å². The van der Waals surface area contributed by atoms with Gasteiger partial charge in [0.25, 0.3) is 0 Å². The molecule has 0 aromatic heterocycles. The van der Waals surface area contributed by atoms with Gasteiger partial charge < -0.3 is 0 Å². The maximum Gasteiger partial charge on any atom is 0.197 e. The number of halogens is 6. The third-order valence-electron chi connectivity index (χ3n) is 2.56. The van der Waals surface area contributed by atoms with E-state index in [0.29, 0.717) is 12.5 Å². The first-order valence-corrected chi connectivity index (χ1v) is 5.52. The van der Waals surface area contributed by atoms with Crippen molar-refractivity contribution in [2.75, 3.05) is 6.67 Å². The molecular weight excluding hydrogens is 258 g/mol. The minimum Gasteiger partial charge on any atom is -0.251 e. The molecule has 6 heteroatoms. The maximum absolute atomic E-state index is 13.5. The smallest absolute Gasteiger partial charge is 0.197 e. The summed E-state index contributed by atoms with van der Waals surface area (Å²) in [4.78, 5) is 0. The monoisotopic (exact) mass is 270 g/mol. The van der Waals surface area contributed by atoms with Crippen LogP contribution in [0.2, 0.25) is 0 Å². The zero-order valence-corrected chi connectivity index (χ0v) is 9.46. The summed E-state index contributed by atoms with van der Waals surface area (Å²) in [6, 6.07) is 0.313. The van der Waals surface area contributed by atoms with Crippen molar-refractivity contribution in [3.05, 3.63) is 34.9 Å². The molecule has 0 saturated carbocycles. The van der Waals surface area contributed by atoms with Crippen molar-refractivity contribution >= 4 is 0 Å². The van der Waals surface area contributed by atoms with Crippen molar-refractivity contribution in [1.82, 2.24) is 0 Å². The standard InChI is InChI=1S/C12H12F6/c13-5-3-1-2-4-8(14)7-6-9(15)11(17)12(18)10(7)16/h6,8H,1-5H2. The number of alkyl halides is 2. The molecule has 1 aromatic rings. The molecule has 0 nitrogen and oxygen atoms in total. The number of hydrogen-bond donors (Lipinski definition) is 0. The molecule has 1 rings (SSSR count). The molecule has 0 fully saturated rings. The molecule has 0 aliphatic heterocycles. The van der Waals surface area contributed by atoms with E-state index in [9.17, 15) is 26.3 Å². The SMILES string of the molecule is FCCCCCC(F)c1cc(F)c(F)c(F)c1F. The van der Waals surface area contributed by atoms with Crippen molar-refractivity contribution in [2.24, 2.45) is 0 Å². The first-order valence-electron chi connectivity index (χ1n) is 5.52. The highest BCUT2D eigenvalue weighted by atomic mass is 19.2. The van der Waals surface area contributed by atoms with Crippen LogP contribution in [-0.2, 0) is 0 Å². The van der Waals surface area contributed by atoms with Gasteiger partial charge in [-0.15, -0.1) is 0 Å². The highest BCUT2D eigenvalue weighted by Gasteiger charge is 2.23. The Morgan fingerprint density at radius 2 is 1.56 bits per heavy atom. The molecule has 0 aliphatic carbocycles. The molecule has 1 unspecified atom stereocenters. The summed E-state index contributed by atoms with van der Waals surface area (Å²) in [6.45, 7) is -0.537. The van der Waals surface area contributed by atoms with Crippen molar-refractivity contribution in [3.63, 3.8) is 0 Å².